The van der Waals surface area contributed by atoms with Crippen molar-refractivity contribution in [3.05, 3.63) is 48.3 Å². The first-order valence-electron chi connectivity index (χ1n) is 8.60. The molecule has 0 spiro atoms. The summed E-state index contributed by atoms with van der Waals surface area (Å²) in [6, 6.07) is 11.9. The number of nitrogens with one attached hydrogen (secondary N) is 1. The van der Waals surface area contributed by atoms with E-state index in [1.807, 2.05) is 50.2 Å². The van der Waals surface area contributed by atoms with E-state index in [2.05, 4.69) is 22.2 Å². The van der Waals surface area contributed by atoms with Gasteiger partial charge in [0.15, 0.2) is 5.65 Å². The molecule has 1 aromatic carbocycles. The Morgan fingerprint density at radius 1 is 1.04 bits per heavy atom. The molecule has 0 bridgehead atoms. The number of pyridine rings is 2. The second kappa shape index (κ2) is 7.83. The van der Waals surface area contributed by atoms with Crippen molar-refractivity contribution in [2.45, 2.75) is 27.2 Å². The molecule has 0 aliphatic rings. The summed E-state index contributed by atoms with van der Waals surface area (Å²) in [4.78, 5) is 8.91. The average molecular weight is 337 g/mol. The van der Waals surface area contributed by atoms with E-state index >= 15 is 0 Å². The van der Waals surface area contributed by atoms with Crippen molar-refractivity contribution < 1.29 is 9.47 Å². The normalized spacial score (nSPS) is 10.7. The van der Waals surface area contributed by atoms with Gasteiger partial charge in [0.2, 0.25) is 0 Å². The van der Waals surface area contributed by atoms with Gasteiger partial charge in [-0.15, -0.1) is 0 Å². The van der Waals surface area contributed by atoms with E-state index in [4.69, 9.17) is 9.47 Å². The quantitative estimate of drug-likeness (QED) is 0.666. The largest absolute Gasteiger partial charge is 0.494 e. The minimum Gasteiger partial charge on any atom is -0.494 e. The van der Waals surface area contributed by atoms with Crippen molar-refractivity contribution in [2.24, 2.45) is 0 Å². The summed E-state index contributed by atoms with van der Waals surface area (Å²) in [7, 11) is 0. The maximum Gasteiger partial charge on any atom is 0.161 e. The Bertz CT molecular complexity index is 847. The maximum atomic E-state index is 5.67. The Kier molecular flexibility index (Phi) is 5.33. The number of hydrogen-bond donors (Lipinski definition) is 1. The molecule has 0 amide bonds. The van der Waals surface area contributed by atoms with E-state index in [0.717, 1.165) is 47.0 Å². The smallest absolute Gasteiger partial charge is 0.161 e. The molecule has 25 heavy (non-hydrogen) atoms. The fourth-order valence-corrected chi connectivity index (χ4v) is 2.56. The van der Waals surface area contributed by atoms with Crippen LogP contribution in [0.15, 0.2) is 42.6 Å². The molecular weight excluding hydrogens is 314 g/mol. The molecule has 0 aliphatic carbocycles. The van der Waals surface area contributed by atoms with Crippen LogP contribution in [0.25, 0.3) is 11.0 Å². The topological polar surface area (TPSA) is 56.3 Å². The van der Waals surface area contributed by atoms with Gasteiger partial charge in [-0.1, -0.05) is 6.92 Å². The van der Waals surface area contributed by atoms with Gasteiger partial charge in [0.1, 0.15) is 11.5 Å². The number of ether oxygens (including phenoxy) is 2. The van der Waals surface area contributed by atoms with Crippen LogP contribution in [-0.4, -0.2) is 23.2 Å². The van der Waals surface area contributed by atoms with E-state index in [1.165, 1.54) is 0 Å². The van der Waals surface area contributed by atoms with Crippen molar-refractivity contribution >= 4 is 22.4 Å². The molecule has 0 aliphatic heterocycles. The number of benzene rings is 1. The molecule has 3 rings (SSSR count). The van der Waals surface area contributed by atoms with Crippen LogP contribution in [0, 0.1) is 6.92 Å². The summed E-state index contributed by atoms with van der Waals surface area (Å²) in [5, 5.41) is 4.36. The Hall–Kier alpha value is -2.82. The number of aryl methyl sites for hydroxylation is 1. The highest BCUT2D eigenvalue weighted by Gasteiger charge is 2.09. The van der Waals surface area contributed by atoms with E-state index in [0.29, 0.717) is 12.3 Å². The molecule has 2 heterocycles. The predicted molar refractivity (Wildman–Crippen MR) is 101 cm³/mol. The Balaban J connectivity index is 1.89. The Labute approximate surface area is 148 Å². The lowest BCUT2D eigenvalue weighted by Crippen LogP contribution is -1.99. The molecule has 3 aromatic rings. The molecule has 1 N–H and O–H groups in total. The minimum atomic E-state index is 0.607. The van der Waals surface area contributed by atoms with E-state index < -0.39 is 0 Å². The highest BCUT2D eigenvalue weighted by Crippen LogP contribution is 2.29. The molecule has 0 saturated heterocycles. The van der Waals surface area contributed by atoms with E-state index in [-0.39, 0.29) is 0 Å². The second-order valence-corrected chi connectivity index (χ2v) is 5.73. The third kappa shape index (κ3) is 3.99. The van der Waals surface area contributed by atoms with Gasteiger partial charge >= 0.3 is 0 Å². The molecule has 5 nitrogen and oxygen atoms in total. The molecule has 0 radical (unpaired) electrons. The van der Waals surface area contributed by atoms with Crippen LogP contribution in [-0.2, 0) is 0 Å². The van der Waals surface area contributed by atoms with Gasteiger partial charge in [-0.05, 0) is 56.7 Å². The van der Waals surface area contributed by atoms with Crippen LogP contribution in [0.3, 0.4) is 0 Å². The van der Waals surface area contributed by atoms with E-state index in [1.54, 1.807) is 6.20 Å². The van der Waals surface area contributed by atoms with Crippen molar-refractivity contribution in [3.63, 3.8) is 0 Å². The van der Waals surface area contributed by atoms with Gasteiger partial charge < -0.3 is 14.8 Å². The zero-order valence-corrected chi connectivity index (χ0v) is 14.9. The maximum absolute atomic E-state index is 5.67. The van der Waals surface area contributed by atoms with Gasteiger partial charge in [-0.3, -0.25) is 0 Å². The van der Waals surface area contributed by atoms with Crippen molar-refractivity contribution in [1.29, 1.82) is 0 Å². The number of aromatic nitrogens is 2. The molecule has 5 heteroatoms. The first kappa shape index (κ1) is 17.0. The lowest BCUT2D eigenvalue weighted by atomic mass is 10.2. The molecule has 2 aromatic heterocycles. The van der Waals surface area contributed by atoms with Crippen LogP contribution >= 0.6 is 0 Å². The SMILES string of the molecule is CCCOc1ccc(Nc2ccnc3nc(C)c(OCC)cc23)cc1. The predicted octanol–water partition coefficient (Wildman–Crippen LogP) is 4.87. The van der Waals surface area contributed by atoms with Crippen LogP contribution in [0.4, 0.5) is 11.4 Å². The molecule has 0 atom stereocenters. The number of hydrogen-bond acceptors (Lipinski definition) is 5. The Morgan fingerprint density at radius 3 is 2.56 bits per heavy atom. The zero-order valence-electron chi connectivity index (χ0n) is 14.9. The van der Waals surface area contributed by atoms with Gasteiger partial charge in [0.05, 0.1) is 24.6 Å². The molecule has 130 valence electrons. The summed E-state index contributed by atoms with van der Waals surface area (Å²) >= 11 is 0. The fraction of sp³-hybridized carbons (Fsp3) is 0.300. The highest BCUT2D eigenvalue weighted by molar-refractivity contribution is 5.91. The van der Waals surface area contributed by atoms with Crippen molar-refractivity contribution in [1.82, 2.24) is 9.97 Å². The standard InChI is InChI=1S/C20H23N3O2/c1-4-12-25-16-8-6-15(7-9-16)23-18-10-11-21-20-17(18)13-19(24-5-2)14(3)22-20/h6-11,13H,4-5,12H2,1-3H3,(H,21,22,23). The van der Waals surface area contributed by atoms with Gasteiger partial charge in [-0.25, -0.2) is 9.97 Å². The molecule has 0 unspecified atom stereocenters. The van der Waals surface area contributed by atoms with Crippen molar-refractivity contribution in [3.8, 4) is 11.5 Å². The van der Waals surface area contributed by atoms with Crippen LogP contribution in [0.2, 0.25) is 0 Å². The van der Waals surface area contributed by atoms with Gasteiger partial charge in [-0.2, -0.15) is 0 Å². The zero-order chi connectivity index (χ0) is 17.6. The number of anilines is 2. The second-order valence-electron chi connectivity index (χ2n) is 5.73. The van der Waals surface area contributed by atoms with Gasteiger partial charge in [0, 0.05) is 17.3 Å². The average Bonchev–Trinajstić information content (AvgIpc) is 2.62. The third-order valence-electron chi connectivity index (χ3n) is 3.78. The molecule has 0 saturated carbocycles. The number of nitrogens with zero attached hydrogens (tertiary/aromatic N) is 2. The highest BCUT2D eigenvalue weighted by atomic mass is 16.5. The fourth-order valence-electron chi connectivity index (χ4n) is 2.56. The molecule has 0 fully saturated rings. The Morgan fingerprint density at radius 2 is 1.84 bits per heavy atom. The molecular formula is C20H23N3O2. The first-order valence-corrected chi connectivity index (χ1v) is 8.60. The van der Waals surface area contributed by atoms with Crippen molar-refractivity contribution in [2.75, 3.05) is 18.5 Å². The number of fused-ring (bicyclic) bond motifs is 1. The number of rotatable bonds is 7. The third-order valence-corrected chi connectivity index (χ3v) is 3.78. The van der Waals surface area contributed by atoms with Crippen LogP contribution < -0.4 is 14.8 Å². The lowest BCUT2D eigenvalue weighted by Gasteiger charge is -2.12. The minimum absolute atomic E-state index is 0.607. The first-order chi connectivity index (χ1) is 12.2. The van der Waals surface area contributed by atoms with Crippen LogP contribution in [0.1, 0.15) is 26.0 Å². The summed E-state index contributed by atoms with van der Waals surface area (Å²) in [5.41, 5.74) is 3.47. The summed E-state index contributed by atoms with van der Waals surface area (Å²) < 4.78 is 11.3. The monoisotopic (exact) mass is 337 g/mol. The van der Waals surface area contributed by atoms with Gasteiger partial charge in [0.25, 0.3) is 0 Å². The lowest BCUT2D eigenvalue weighted by molar-refractivity contribution is 0.317. The summed E-state index contributed by atoms with van der Waals surface area (Å²) in [6.45, 7) is 7.33. The van der Waals surface area contributed by atoms with Crippen LogP contribution in [0.5, 0.6) is 11.5 Å². The summed E-state index contributed by atoms with van der Waals surface area (Å²) in [5.74, 6) is 1.66. The summed E-state index contributed by atoms with van der Waals surface area (Å²) in [6.07, 6.45) is 2.76. The van der Waals surface area contributed by atoms with E-state index in [9.17, 15) is 0 Å².